The molecule has 3 heterocycles. The van der Waals surface area contributed by atoms with E-state index in [4.69, 9.17) is 4.42 Å². The minimum Gasteiger partial charge on any atom is -0.454 e. The van der Waals surface area contributed by atoms with Crippen molar-refractivity contribution in [2.45, 2.75) is 0 Å². The van der Waals surface area contributed by atoms with Gasteiger partial charge in [0.25, 0.3) is 0 Å². The zero-order valence-corrected chi connectivity index (χ0v) is 34.2. The average molecular weight is 803 g/mol. The summed E-state index contributed by atoms with van der Waals surface area (Å²) in [6.07, 6.45) is 0. The summed E-state index contributed by atoms with van der Waals surface area (Å²) in [5.41, 5.74) is 18.0. The molecule has 0 bridgehead atoms. The summed E-state index contributed by atoms with van der Waals surface area (Å²) >= 11 is 0. The van der Waals surface area contributed by atoms with Crippen LogP contribution >= 0.6 is 0 Å². The van der Waals surface area contributed by atoms with Gasteiger partial charge in [-0.1, -0.05) is 182 Å². The van der Waals surface area contributed by atoms with E-state index in [-0.39, 0.29) is 0 Å². The molecule has 0 radical (unpaired) electrons. The molecule has 63 heavy (non-hydrogen) atoms. The molecule has 0 amide bonds. The fraction of sp³-hybridized carbons (Fsp3) is 0. The van der Waals surface area contributed by atoms with Gasteiger partial charge in [0.2, 0.25) is 0 Å². The van der Waals surface area contributed by atoms with E-state index >= 15 is 0 Å². The minimum atomic E-state index is 0.874. The van der Waals surface area contributed by atoms with Crippen LogP contribution in [0, 0.1) is 0 Å². The Bertz CT molecular complexity index is 3890. The van der Waals surface area contributed by atoms with E-state index < -0.39 is 0 Å². The van der Waals surface area contributed by atoms with Crippen LogP contribution < -0.4 is 0 Å². The van der Waals surface area contributed by atoms with Crippen molar-refractivity contribution in [2.24, 2.45) is 0 Å². The molecule has 0 saturated carbocycles. The molecule has 0 aliphatic rings. The van der Waals surface area contributed by atoms with Crippen molar-refractivity contribution in [3.63, 3.8) is 0 Å². The van der Waals surface area contributed by atoms with Crippen molar-refractivity contribution in [1.29, 1.82) is 0 Å². The molecule has 0 atom stereocenters. The number of hydrogen-bond donors (Lipinski definition) is 0. The molecule has 0 fully saturated rings. The van der Waals surface area contributed by atoms with Crippen LogP contribution in [0.4, 0.5) is 0 Å². The molecule has 0 aliphatic heterocycles. The monoisotopic (exact) mass is 802 g/mol. The maximum absolute atomic E-state index is 6.92. The van der Waals surface area contributed by atoms with E-state index in [9.17, 15) is 0 Å². The lowest BCUT2D eigenvalue weighted by Gasteiger charge is -2.14. The van der Waals surface area contributed by atoms with Crippen molar-refractivity contribution >= 4 is 65.6 Å². The van der Waals surface area contributed by atoms with Gasteiger partial charge in [-0.25, -0.2) is 0 Å². The van der Waals surface area contributed by atoms with Crippen molar-refractivity contribution in [2.75, 3.05) is 0 Å². The highest BCUT2D eigenvalue weighted by atomic mass is 16.3. The van der Waals surface area contributed by atoms with E-state index in [1.54, 1.807) is 0 Å². The third kappa shape index (κ3) is 5.53. The maximum Gasteiger partial charge on any atom is 0.160 e. The number of para-hydroxylation sites is 4. The molecule has 0 unspecified atom stereocenters. The lowest BCUT2D eigenvalue weighted by molar-refractivity contribution is 0.666. The first kappa shape index (κ1) is 35.4. The summed E-state index contributed by atoms with van der Waals surface area (Å²) in [4.78, 5) is 0. The maximum atomic E-state index is 6.92. The number of rotatable bonds is 6. The van der Waals surface area contributed by atoms with Gasteiger partial charge < -0.3 is 13.6 Å². The Morgan fingerprint density at radius 1 is 0.270 bits per heavy atom. The van der Waals surface area contributed by atoms with Gasteiger partial charge in [-0.05, 0) is 87.5 Å². The van der Waals surface area contributed by atoms with E-state index in [1.165, 1.54) is 66.1 Å². The van der Waals surface area contributed by atoms with Crippen molar-refractivity contribution < 1.29 is 4.42 Å². The molecule has 0 aliphatic carbocycles. The normalized spacial score (nSPS) is 11.8. The minimum absolute atomic E-state index is 0.874. The van der Waals surface area contributed by atoms with Gasteiger partial charge in [0, 0.05) is 37.9 Å². The molecule has 3 aromatic heterocycles. The van der Waals surface area contributed by atoms with Crippen LogP contribution in [-0.2, 0) is 0 Å². The predicted molar refractivity (Wildman–Crippen MR) is 264 cm³/mol. The highest BCUT2D eigenvalue weighted by Gasteiger charge is 2.22. The zero-order chi connectivity index (χ0) is 41.4. The summed E-state index contributed by atoms with van der Waals surface area (Å²) in [6.45, 7) is 0. The summed E-state index contributed by atoms with van der Waals surface area (Å²) in [7, 11) is 0. The highest BCUT2D eigenvalue weighted by Crippen LogP contribution is 2.44. The lowest BCUT2D eigenvalue weighted by atomic mass is 9.96. The molecule has 294 valence electrons. The van der Waals surface area contributed by atoms with Gasteiger partial charge in [0.15, 0.2) is 5.58 Å². The SMILES string of the molecule is c1ccc(-c2ccc(-c3ccc(-n4c5ccccc5c5ccc(-c6ccc7c(c6)c6ccccc6n7-c6ccccc6-c6ccccc6)cc54)c4oc5ccccc5c34)cc2)cc1. The summed E-state index contributed by atoms with van der Waals surface area (Å²) in [6, 6.07) is 83.3. The Kier molecular flexibility index (Phi) is 7.91. The van der Waals surface area contributed by atoms with Gasteiger partial charge in [-0.2, -0.15) is 0 Å². The number of benzene rings is 10. The molecule has 0 spiro atoms. The number of fused-ring (bicyclic) bond motifs is 9. The average Bonchev–Trinajstić information content (AvgIpc) is 4.02. The van der Waals surface area contributed by atoms with E-state index in [0.29, 0.717) is 0 Å². The van der Waals surface area contributed by atoms with Gasteiger partial charge in [-0.3, -0.25) is 0 Å². The fourth-order valence-electron chi connectivity index (χ4n) is 10.1. The molecule has 3 nitrogen and oxygen atoms in total. The first-order valence-corrected chi connectivity index (χ1v) is 21.6. The molecular weight excluding hydrogens is 765 g/mol. The Balaban J connectivity index is 0.998. The largest absolute Gasteiger partial charge is 0.454 e. The van der Waals surface area contributed by atoms with Gasteiger partial charge >= 0.3 is 0 Å². The summed E-state index contributed by atoms with van der Waals surface area (Å²) in [5.74, 6) is 0. The molecule has 3 heteroatoms. The van der Waals surface area contributed by atoms with Crippen LogP contribution in [0.15, 0.2) is 235 Å². The number of furan rings is 1. The van der Waals surface area contributed by atoms with Gasteiger partial charge in [-0.15, -0.1) is 0 Å². The second-order valence-electron chi connectivity index (χ2n) is 16.4. The van der Waals surface area contributed by atoms with E-state index in [1.807, 2.05) is 0 Å². The van der Waals surface area contributed by atoms with Crippen LogP contribution in [0.5, 0.6) is 0 Å². The first-order chi connectivity index (χ1) is 31.3. The summed E-state index contributed by atoms with van der Waals surface area (Å²) in [5, 5.41) is 7.09. The Hall–Kier alpha value is -8.40. The van der Waals surface area contributed by atoms with E-state index in [2.05, 4.69) is 240 Å². The first-order valence-electron chi connectivity index (χ1n) is 21.6. The summed E-state index contributed by atoms with van der Waals surface area (Å²) < 4.78 is 11.8. The van der Waals surface area contributed by atoms with Crippen LogP contribution in [0.2, 0.25) is 0 Å². The smallest absolute Gasteiger partial charge is 0.160 e. The second kappa shape index (κ2) is 14.1. The Morgan fingerprint density at radius 3 is 1.56 bits per heavy atom. The number of nitrogens with zero attached hydrogens (tertiary/aromatic N) is 2. The van der Waals surface area contributed by atoms with Crippen LogP contribution in [0.3, 0.4) is 0 Å². The standard InChI is InChI=1S/C60H38N2O/c1-3-15-39(16-4-1)40-27-29-42(30-28-40)46-34-36-56(60-59(46)50-22-10-14-26-58(50)63-60)62-53-24-12-8-20-47(53)49-33-31-44(38-57(49)62)43-32-35-55-51(37-43)48-21-9-13-25-54(48)61(55)52-23-11-7-19-45(52)41-17-5-2-6-18-41/h1-38H. The number of aromatic nitrogens is 2. The van der Waals surface area contributed by atoms with E-state index in [0.717, 1.165) is 55.3 Å². The fourth-order valence-corrected chi connectivity index (χ4v) is 10.1. The molecule has 13 aromatic rings. The van der Waals surface area contributed by atoms with Crippen LogP contribution in [0.1, 0.15) is 0 Å². The van der Waals surface area contributed by atoms with Crippen molar-refractivity contribution in [3.05, 3.63) is 231 Å². The van der Waals surface area contributed by atoms with Crippen LogP contribution in [-0.4, -0.2) is 9.13 Å². The second-order valence-corrected chi connectivity index (χ2v) is 16.4. The predicted octanol–water partition coefficient (Wildman–Crippen LogP) is 16.4. The van der Waals surface area contributed by atoms with Crippen molar-refractivity contribution in [3.8, 4) is 55.9 Å². The molecule has 10 aromatic carbocycles. The zero-order valence-electron chi connectivity index (χ0n) is 34.2. The van der Waals surface area contributed by atoms with Gasteiger partial charge in [0.05, 0.1) is 33.4 Å². The van der Waals surface area contributed by atoms with Crippen molar-refractivity contribution in [1.82, 2.24) is 9.13 Å². The molecule has 0 N–H and O–H groups in total. The van der Waals surface area contributed by atoms with Crippen LogP contribution in [0.25, 0.3) is 121 Å². The quantitative estimate of drug-likeness (QED) is 0.164. The highest BCUT2D eigenvalue weighted by molar-refractivity contribution is 6.17. The lowest BCUT2D eigenvalue weighted by Crippen LogP contribution is -1.97. The number of hydrogen-bond acceptors (Lipinski definition) is 1. The Morgan fingerprint density at radius 2 is 0.778 bits per heavy atom. The van der Waals surface area contributed by atoms with Gasteiger partial charge in [0.1, 0.15) is 5.58 Å². The molecule has 0 saturated heterocycles. The third-order valence-corrected chi connectivity index (χ3v) is 13.0. The molecule has 13 rings (SSSR count). The Labute approximate surface area is 363 Å². The third-order valence-electron chi connectivity index (χ3n) is 13.0. The topological polar surface area (TPSA) is 23.0 Å². The molecular formula is C60H38N2O.